The van der Waals surface area contributed by atoms with Gasteiger partial charge in [0.1, 0.15) is 0 Å². The summed E-state index contributed by atoms with van der Waals surface area (Å²) in [7, 11) is 0. The lowest BCUT2D eigenvalue weighted by atomic mass is 10.0. The Morgan fingerprint density at radius 3 is 2.42 bits per heavy atom. The molecule has 0 amide bonds. The number of aliphatic hydroxyl groups excluding tert-OH is 2. The van der Waals surface area contributed by atoms with Crippen molar-refractivity contribution >= 4 is 22.9 Å². The van der Waals surface area contributed by atoms with E-state index in [0.717, 1.165) is 5.56 Å². The molecular weight excluding hydrogens is 310 g/mol. The third kappa shape index (κ3) is 4.43. The maximum atomic E-state index is 12.1. The van der Waals surface area contributed by atoms with Crippen molar-refractivity contribution < 1.29 is 19.8 Å². The Kier molecular flexibility index (Phi) is 6.11. The summed E-state index contributed by atoms with van der Waals surface area (Å²) < 4.78 is 0. The van der Waals surface area contributed by atoms with Gasteiger partial charge in [0, 0.05) is 36.7 Å². The van der Waals surface area contributed by atoms with E-state index >= 15 is 0 Å². The third-order valence-electron chi connectivity index (χ3n) is 3.54. The first kappa shape index (κ1) is 17.7. The molecule has 1 aromatic rings. The molecule has 0 atom stereocenters. The molecule has 0 spiro atoms. The van der Waals surface area contributed by atoms with Crippen LogP contribution in [0.3, 0.4) is 0 Å². The summed E-state index contributed by atoms with van der Waals surface area (Å²) in [5.74, 6) is -0.662. The maximum Gasteiger partial charge on any atom is 0.204 e. The van der Waals surface area contributed by atoms with Crippen molar-refractivity contribution in [2.24, 2.45) is 0 Å². The zero-order valence-electron chi connectivity index (χ0n) is 13.2. The molecule has 0 saturated carbocycles. The van der Waals surface area contributed by atoms with Crippen molar-refractivity contribution in [3.05, 3.63) is 47.3 Å². The van der Waals surface area contributed by atoms with Gasteiger partial charge in [0.15, 0.2) is 0 Å². The van der Waals surface area contributed by atoms with Gasteiger partial charge < -0.3 is 26.6 Å². The number of hydrogen-bond acceptors (Lipinski definition) is 7. The molecule has 7 nitrogen and oxygen atoms in total. The first-order valence-corrected chi connectivity index (χ1v) is 7.68. The van der Waals surface area contributed by atoms with E-state index in [-0.39, 0.29) is 42.7 Å². The molecule has 0 aliphatic heterocycles. The Bertz CT molecular complexity index is 695. The lowest BCUT2D eigenvalue weighted by molar-refractivity contribution is -0.115. The predicted molar refractivity (Wildman–Crippen MR) is 91.2 cm³/mol. The predicted octanol–water partition coefficient (Wildman–Crippen LogP) is 0.107. The van der Waals surface area contributed by atoms with Crippen molar-refractivity contribution in [1.29, 1.82) is 0 Å². The molecule has 0 fully saturated rings. The van der Waals surface area contributed by atoms with Crippen molar-refractivity contribution in [2.75, 3.05) is 30.8 Å². The fraction of sp³-hybridized carbons (Fsp3) is 0.294. The zero-order chi connectivity index (χ0) is 17.5. The number of benzene rings is 1. The van der Waals surface area contributed by atoms with E-state index in [1.165, 1.54) is 12.2 Å². The van der Waals surface area contributed by atoms with E-state index in [2.05, 4.69) is 10.6 Å². The lowest BCUT2D eigenvalue weighted by Crippen LogP contribution is -2.28. The number of hydrogen-bond donors (Lipinski definition) is 5. The molecule has 0 unspecified atom stereocenters. The van der Waals surface area contributed by atoms with Crippen LogP contribution in [0, 0.1) is 0 Å². The molecule has 24 heavy (non-hydrogen) atoms. The lowest BCUT2D eigenvalue weighted by Gasteiger charge is -2.16. The van der Waals surface area contributed by atoms with Gasteiger partial charge in [-0.2, -0.15) is 0 Å². The van der Waals surface area contributed by atoms with Crippen molar-refractivity contribution in [2.45, 2.75) is 12.8 Å². The number of aliphatic hydroxyl groups is 2. The molecule has 1 aliphatic rings. The summed E-state index contributed by atoms with van der Waals surface area (Å²) in [6.45, 7) is 0.146. The first-order valence-electron chi connectivity index (χ1n) is 7.68. The second-order valence-corrected chi connectivity index (χ2v) is 5.36. The second kappa shape index (κ2) is 8.28. The highest BCUT2D eigenvalue weighted by molar-refractivity contribution is 6.20. The summed E-state index contributed by atoms with van der Waals surface area (Å²) in [4.78, 5) is 24.1. The average Bonchev–Trinajstić information content (AvgIpc) is 2.57. The number of rotatable bonds is 8. The first-order chi connectivity index (χ1) is 11.5. The smallest absolute Gasteiger partial charge is 0.204 e. The van der Waals surface area contributed by atoms with E-state index in [4.69, 9.17) is 15.9 Å². The molecule has 7 heteroatoms. The van der Waals surface area contributed by atoms with Crippen LogP contribution in [-0.4, -0.2) is 41.5 Å². The number of carbonyl (C=O) groups excluding carboxylic acids is 2. The number of aryl methyl sites for hydroxylation is 1. The minimum absolute atomic E-state index is 0.0731. The Hall–Kier alpha value is -2.64. The van der Waals surface area contributed by atoms with Crippen LogP contribution in [0.1, 0.15) is 12.0 Å². The van der Waals surface area contributed by atoms with Crippen LogP contribution in [-0.2, 0) is 16.0 Å². The molecular formula is C17H21N3O4. The van der Waals surface area contributed by atoms with Gasteiger partial charge >= 0.3 is 0 Å². The Labute approximate surface area is 139 Å². The van der Waals surface area contributed by atoms with Gasteiger partial charge in [0.05, 0.1) is 18.0 Å². The Balaban J connectivity index is 2.11. The van der Waals surface area contributed by atoms with Crippen LogP contribution in [0.4, 0.5) is 11.4 Å². The van der Waals surface area contributed by atoms with Crippen molar-refractivity contribution in [3.63, 3.8) is 0 Å². The van der Waals surface area contributed by atoms with Gasteiger partial charge in [-0.15, -0.1) is 0 Å². The van der Waals surface area contributed by atoms with E-state index < -0.39 is 0 Å². The van der Waals surface area contributed by atoms with Gasteiger partial charge in [-0.25, -0.2) is 0 Å². The number of nitrogens with one attached hydrogen (secondary N) is 2. The minimum atomic E-state index is -0.332. The van der Waals surface area contributed by atoms with Crippen molar-refractivity contribution in [3.8, 4) is 0 Å². The molecule has 0 heterocycles. The summed E-state index contributed by atoms with van der Waals surface area (Å²) in [6, 6.07) is 5.24. The van der Waals surface area contributed by atoms with Gasteiger partial charge in [-0.05, 0) is 36.6 Å². The highest BCUT2D eigenvalue weighted by Crippen LogP contribution is 2.22. The summed E-state index contributed by atoms with van der Waals surface area (Å²) >= 11 is 0. The van der Waals surface area contributed by atoms with E-state index in [1.807, 2.05) is 0 Å². The quantitative estimate of drug-likeness (QED) is 0.338. The average molecular weight is 331 g/mol. The topological polar surface area (TPSA) is 125 Å². The second-order valence-electron chi connectivity index (χ2n) is 5.36. The van der Waals surface area contributed by atoms with Gasteiger partial charge in [0.2, 0.25) is 11.6 Å². The number of carbonyl (C=O) groups is 2. The highest BCUT2D eigenvalue weighted by atomic mass is 16.3. The van der Waals surface area contributed by atoms with E-state index in [9.17, 15) is 9.59 Å². The minimum Gasteiger partial charge on any atom is -0.399 e. The Morgan fingerprint density at radius 1 is 1.00 bits per heavy atom. The molecule has 0 radical (unpaired) electrons. The molecule has 2 rings (SSSR count). The summed E-state index contributed by atoms with van der Waals surface area (Å²) in [5.41, 5.74) is 8.36. The van der Waals surface area contributed by atoms with Gasteiger partial charge in [-0.1, -0.05) is 0 Å². The van der Waals surface area contributed by atoms with Gasteiger partial charge in [0.25, 0.3) is 0 Å². The number of allylic oxidation sites excluding steroid dienone is 2. The summed E-state index contributed by atoms with van der Waals surface area (Å²) in [5, 5.41) is 23.3. The van der Waals surface area contributed by atoms with Crippen LogP contribution in [0.2, 0.25) is 0 Å². The van der Waals surface area contributed by atoms with Crippen LogP contribution < -0.4 is 16.4 Å². The molecule has 1 aromatic carbocycles. The monoisotopic (exact) mass is 331 g/mol. The standard InChI is InChI=1S/C17H21N3O4/c18-13-4-3-12(8-11(13)2-1-6-21)20-15-10-16(23)14(9-17(15)24)19-5-7-22/h3-4,8-10,19-22H,1-2,5-7,18H2. The number of nitrogens with two attached hydrogens (primary N) is 1. The van der Waals surface area contributed by atoms with E-state index in [0.29, 0.717) is 24.2 Å². The third-order valence-corrected chi connectivity index (χ3v) is 3.54. The largest absolute Gasteiger partial charge is 0.399 e. The van der Waals surface area contributed by atoms with Gasteiger partial charge in [-0.3, -0.25) is 9.59 Å². The van der Waals surface area contributed by atoms with Crippen LogP contribution in [0.5, 0.6) is 0 Å². The number of ketones is 2. The zero-order valence-corrected chi connectivity index (χ0v) is 13.2. The van der Waals surface area contributed by atoms with Crippen molar-refractivity contribution in [1.82, 2.24) is 5.32 Å². The van der Waals surface area contributed by atoms with Crippen LogP contribution in [0.25, 0.3) is 0 Å². The van der Waals surface area contributed by atoms with Crippen LogP contribution in [0.15, 0.2) is 41.7 Å². The maximum absolute atomic E-state index is 12.1. The fourth-order valence-electron chi connectivity index (χ4n) is 2.31. The van der Waals surface area contributed by atoms with E-state index in [1.54, 1.807) is 18.2 Å². The molecule has 6 N–H and O–H groups in total. The number of nitrogen functional groups attached to an aromatic ring is 1. The summed E-state index contributed by atoms with van der Waals surface area (Å²) in [6.07, 6.45) is 3.66. The molecule has 0 bridgehead atoms. The SMILES string of the molecule is Nc1ccc(NC2=CC(=O)C(NCCO)=CC2=O)cc1CCCO. The molecule has 0 aromatic heterocycles. The number of anilines is 2. The normalized spacial score (nSPS) is 14.2. The molecule has 0 saturated heterocycles. The van der Waals surface area contributed by atoms with Crippen LogP contribution >= 0.6 is 0 Å². The molecule has 128 valence electrons. The molecule has 1 aliphatic carbocycles. The highest BCUT2D eigenvalue weighted by Gasteiger charge is 2.20. The Morgan fingerprint density at radius 2 is 1.71 bits per heavy atom. The fourth-order valence-corrected chi connectivity index (χ4v) is 2.31.